The van der Waals surface area contributed by atoms with Crippen LogP contribution in [0.15, 0.2) is 29.0 Å². The minimum Gasteiger partial charge on any atom is -0.476 e. The fourth-order valence-electron chi connectivity index (χ4n) is 1.29. The number of halogens is 3. The van der Waals surface area contributed by atoms with E-state index < -0.39 is 17.6 Å². The number of aromatic carboxylic acids is 1. The second-order valence-corrected chi connectivity index (χ2v) is 4.32. The van der Waals surface area contributed by atoms with Crippen LogP contribution in [0.1, 0.15) is 10.5 Å². The lowest BCUT2D eigenvalue weighted by Gasteiger charge is -2.07. The molecule has 1 aromatic carbocycles. The quantitative estimate of drug-likeness (QED) is 0.847. The van der Waals surface area contributed by atoms with Gasteiger partial charge < -0.3 is 10.4 Å². The highest BCUT2D eigenvalue weighted by Gasteiger charge is 2.11. The van der Waals surface area contributed by atoms with Crippen LogP contribution in [0.5, 0.6) is 0 Å². The Morgan fingerprint density at radius 2 is 2.00 bits per heavy atom. The molecule has 0 saturated heterocycles. The Balaban J connectivity index is 2.33. The average molecular weight is 330 g/mol. The van der Waals surface area contributed by atoms with E-state index in [0.717, 1.165) is 6.20 Å². The SMILES string of the molecule is O=C(O)c1cncc(Nc2cc(Br)c(F)cc2F)n1. The van der Waals surface area contributed by atoms with Gasteiger partial charge in [-0.15, -0.1) is 0 Å². The predicted molar refractivity (Wildman–Crippen MR) is 66.3 cm³/mol. The van der Waals surface area contributed by atoms with Gasteiger partial charge >= 0.3 is 5.97 Å². The Morgan fingerprint density at radius 3 is 2.68 bits per heavy atom. The van der Waals surface area contributed by atoms with E-state index in [2.05, 4.69) is 31.2 Å². The molecule has 1 heterocycles. The highest BCUT2D eigenvalue weighted by Crippen LogP contribution is 2.25. The van der Waals surface area contributed by atoms with Crippen LogP contribution < -0.4 is 5.32 Å². The second-order valence-electron chi connectivity index (χ2n) is 3.47. The number of aromatic nitrogens is 2. The van der Waals surface area contributed by atoms with Crippen molar-refractivity contribution in [2.24, 2.45) is 0 Å². The Hall–Kier alpha value is -2.09. The van der Waals surface area contributed by atoms with E-state index in [-0.39, 0.29) is 21.7 Å². The van der Waals surface area contributed by atoms with E-state index in [1.807, 2.05) is 0 Å². The molecule has 0 unspecified atom stereocenters. The molecule has 0 aliphatic heterocycles. The first kappa shape index (κ1) is 13.3. The summed E-state index contributed by atoms with van der Waals surface area (Å²) in [5.41, 5.74) is -0.336. The van der Waals surface area contributed by atoms with Crippen molar-refractivity contribution >= 4 is 33.4 Å². The lowest BCUT2D eigenvalue weighted by Crippen LogP contribution is -2.04. The molecule has 0 radical (unpaired) electrons. The van der Waals surface area contributed by atoms with Gasteiger partial charge in [0.05, 0.1) is 22.6 Å². The number of carbonyl (C=O) groups is 1. The first-order chi connectivity index (χ1) is 8.97. The Morgan fingerprint density at radius 1 is 1.26 bits per heavy atom. The monoisotopic (exact) mass is 329 g/mol. The smallest absolute Gasteiger partial charge is 0.356 e. The highest BCUT2D eigenvalue weighted by molar-refractivity contribution is 9.10. The highest BCUT2D eigenvalue weighted by atomic mass is 79.9. The van der Waals surface area contributed by atoms with Gasteiger partial charge in [0.1, 0.15) is 17.5 Å². The average Bonchev–Trinajstić information content (AvgIpc) is 2.36. The van der Waals surface area contributed by atoms with Gasteiger partial charge in [0, 0.05) is 6.07 Å². The lowest BCUT2D eigenvalue weighted by atomic mass is 10.3. The van der Waals surface area contributed by atoms with Crippen LogP contribution in [0.4, 0.5) is 20.3 Å². The fourth-order valence-corrected chi connectivity index (χ4v) is 1.63. The summed E-state index contributed by atoms with van der Waals surface area (Å²) in [6.07, 6.45) is 2.29. The largest absolute Gasteiger partial charge is 0.476 e. The molecule has 5 nitrogen and oxygen atoms in total. The van der Waals surface area contributed by atoms with Gasteiger partial charge in [-0.25, -0.2) is 18.6 Å². The predicted octanol–water partition coefficient (Wildman–Crippen LogP) is 2.96. The number of benzene rings is 1. The second kappa shape index (κ2) is 5.27. The van der Waals surface area contributed by atoms with E-state index in [1.54, 1.807) is 0 Å². The van der Waals surface area contributed by atoms with E-state index in [1.165, 1.54) is 12.3 Å². The van der Waals surface area contributed by atoms with Gasteiger partial charge in [-0.3, -0.25) is 4.98 Å². The fraction of sp³-hybridized carbons (Fsp3) is 0. The third kappa shape index (κ3) is 3.02. The van der Waals surface area contributed by atoms with Gasteiger partial charge in [-0.05, 0) is 22.0 Å². The molecule has 0 spiro atoms. The molecule has 19 heavy (non-hydrogen) atoms. The molecule has 0 fully saturated rings. The Kier molecular flexibility index (Phi) is 3.70. The van der Waals surface area contributed by atoms with Gasteiger partial charge in [0.25, 0.3) is 0 Å². The zero-order valence-electron chi connectivity index (χ0n) is 9.19. The van der Waals surface area contributed by atoms with E-state index in [9.17, 15) is 13.6 Å². The third-order valence-corrected chi connectivity index (χ3v) is 2.73. The first-order valence-electron chi connectivity index (χ1n) is 4.94. The normalized spacial score (nSPS) is 10.3. The van der Waals surface area contributed by atoms with E-state index in [4.69, 9.17) is 5.11 Å². The van der Waals surface area contributed by atoms with Gasteiger partial charge in [-0.2, -0.15) is 0 Å². The summed E-state index contributed by atoms with van der Waals surface area (Å²) in [5, 5.41) is 11.3. The minimum atomic E-state index is -1.25. The maximum Gasteiger partial charge on any atom is 0.356 e. The molecule has 0 aliphatic carbocycles. The van der Waals surface area contributed by atoms with Crippen molar-refractivity contribution in [2.45, 2.75) is 0 Å². The van der Waals surface area contributed by atoms with Crippen LogP contribution >= 0.6 is 15.9 Å². The number of hydrogen-bond donors (Lipinski definition) is 2. The summed E-state index contributed by atoms with van der Waals surface area (Å²) in [6.45, 7) is 0. The number of nitrogens with zero attached hydrogens (tertiary/aromatic N) is 2. The third-order valence-electron chi connectivity index (χ3n) is 2.13. The summed E-state index contributed by atoms with van der Waals surface area (Å²) < 4.78 is 26.6. The van der Waals surface area contributed by atoms with Crippen LogP contribution in [0, 0.1) is 11.6 Å². The summed E-state index contributed by atoms with van der Waals surface area (Å²) >= 11 is 2.92. The number of hydrogen-bond acceptors (Lipinski definition) is 4. The van der Waals surface area contributed by atoms with Gasteiger partial charge in [-0.1, -0.05) is 0 Å². The van der Waals surface area contributed by atoms with Crippen molar-refractivity contribution in [2.75, 3.05) is 5.32 Å². The molecule has 1 aromatic heterocycles. The topological polar surface area (TPSA) is 75.1 Å². The summed E-state index contributed by atoms with van der Waals surface area (Å²) in [4.78, 5) is 18.1. The molecular weight excluding hydrogens is 324 g/mol. The molecule has 0 saturated carbocycles. The van der Waals surface area contributed by atoms with Crippen molar-refractivity contribution in [3.8, 4) is 0 Å². The van der Waals surface area contributed by atoms with Crippen molar-refractivity contribution < 1.29 is 18.7 Å². The first-order valence-corrected chi connectivity index (χ1v) is 5.73. The molecule has 0 aliphatic rings. The van der Waals surface area contributed by atoms with Crippen LogP contribution in [0.25, 0.3) is 0 Å². The zero-order chi connectivity index (χ0) is 14.0. The Labute approximate surface area is 114 Å². The van der Waals surface area contributed by atoms with E-state index >= 15 is 0 Å². The van der Waals surface area contributed by atoms with Crippen LogP contribution in [0.3, 0.4) is 0 Å². The maximum absolute atomic E-state index is 13.5. The molecule has 0 bridgehead atoms. The van der Waals surface area contributed by atoms with E-state index in [0.29, 0.717) is 6.07 Å². The number of carboxylic acids is 1. The molecule has 2 N–H and O–H groups in total. The summed E-state index contributed by atoms with van der Waals surface area (Å²) in [5.74, 6) is -2.79. The Bertz CT molecular complexity index is 652. The van der Waals surface area contributed by atoms with Gasteiger partial charge in [0.15, 0.2) is 5.69 Å². The van der Waals surface area contributed by atoms with Crippen LogP contribution in [0.2, 0.25) is 0 Å². The number of nitrogens with one attached hydrogen (secondary N) is 1. The number of rotatable bonds is 3. The molecule has 98 valence electrons. The van der Waals surface area contributed by atoms with Gasteiger partial charge in [0.2, 0.25) is 0 Å². The standard InChI is InChI=1S/C11H6BrF2N3O2/c12-5-1-8(7(14)2-6(5)13)16-10-4-15-3-9(17-10)11(18)19/h1-4H,(H,16,17)(H,18,19). The van der Waals surface area contributed by atoms with Crippen molar-refractivity contribution in [3.63, 3.8) is 0 Å². The molecule has 8 heteroatoms. The molecule has 2 aromatic rings. The maximum atomic E-state index is 13.5. The molecule has 2 rings (SSSR count). The van der Waals surface area contributed by atoms with Crippen LogP contribution in [-0.4, -0.2) is 21.0 Å². The van der Waals surface area contributed by atoms with Crippen molar-refractivity contribution in [3.05, 3.63) is 46.3 Å². The van der Waals surface area contributed by atoms with Crippen LogP contribution in [-0.2, 0) is 0 Å². The van der Waals surface area contributed by atoms with Crippen molar-refractivity contribution in [1.82, 2.24) is 9.97 Å². The molecular formula is C11H6BrF2N3O2. The minimum absolute atomic E-state index is 0.0392. The zero-order valence-corrected chi connectivity index (χ0v) is 10.8. The number of anilines is 2. The molecule has 0 amide bonds. The lowest BCUT2D eigenvalue weighted by molar-refractivity contribution is 0.0690. The molecule has 0 atom stereocenters. The number of carboxylic acid groups (broad SMARTS) is 1. The summed E-state index contributed by atoms with van der Waals surface area (Å²) in [7, 11) is 0. The van der Waals surface area contributed by atoms with Crippen molar-refractivity contribution in [1.29, 1.82) is 0 Å². The summed E-state index contributed by atoms with van der Waals surface area (Å²) in [6, 6.07) is 1.88.